The topological polar surface area (TPSA) is 86.3 Å². The summed E-state index contributed by atoms with van der Waals surface area (Å²) in [6, 6.07) is 5.75. The number of halogens is 2. The predicted molar refractivity (Wildman–Crippen MR) is 132 cm³/mol. The van der Waals surface area contributed by atoms with Gasteiger partial charge in [-0.1, -0.05) is 11.6 Å². The Morgan fingerprint density at radius 3 is 2.46 bits per heavy atom. The van der Waals surface area contributed by atoms with Crippen molar-refractivity contribution >= 4 is 29.3 Å². The van der Waals surface area contributed by atoms with Crippen LogP contribution in [0.5, 0.6) is 0 Å². The molecule has 0 N–H and O–H groups in total. The van der Waals surface area contributed by atoms with Gasteiger partial charge < -0.3 is 9.15 Å². The Kier molecular flexibility index (Phi) is 6.30. The Morgan fingerprint density at radius 2 is 1.80 bits per heavy atom. The van der Waals surface area contributed by atoms with Crippen LogP contribution in [-0.2, 0) is 17.8 Å². The Balaban J connectivity index is 1.44. The molecule has 1 aliphatic carbocycles. The van der Waals surface area contributed by atoms with Gasteiger partial charge in [0.05, 0.1) is 24.5 Å². The maximum Gasteiger partial charge on any atom is 0.411 e. The number of nitrogens with zero attached hydrogens (tertiary/aromatic N) is 5. The molecular weight excluding hydrogens is 489 g/mol. The summed E-state index contributed by atoms with van der Waals surface area (Å²) in [4.78, 5) is 19.1. The summed E-state index contributed by atoms with van der Waals surface area (Å²) in [5, 5.41) is 10.1. The molecule has 35 heavy (non-hydrogen) atoms. The first-order chi connectivity index (χ1) is 16.6. The molecule has 0 spiro atoms. The number of carbonyl (C=O) groups excluding carboxylic acids is 1. The van der Waals surface area contributed by atoms with Gasteiger partial charge in [-0.25, -0.2) is 9.78 Å². The zero-order chi connectivity index (χ0) is 24.9. The molecule has 1 saturated carbocycles. The van der Waals surface area contributed by atoms with Gasteiger partial charge in [0.15, 0.2) is 11.7 Å². The van der Waals surface area contributed by atoms with Crippen molar-refractivity contribution in [3.05, 3.63) is 57.2 Å². The highest BCUT2D eigenvalue weighted by atomic mass is 35.5. The molecular formula is C25H29Cl2N5O3. The van der Waals surface area contributed by atoms with E-state index in [2.05, 4.69) is 19.7 Å². The number of aromatic nitrogens is 4. The number of hydrogen-bond donors (Lipinski definition) is 0. The monoisotopic (exact) mass is 517 g/mol. The van der Waals surface area contributed by atoms with Gasteiger partial charge in [-0.3, -0.25) is 9.47 Å². The van der Waals surface area contributed by atoms with Crippen molar-refractivity contribution in [1.82, 2.24) is 24.6 Å². The summed E-state index contributed by atoms with van der Waals surface area (Å²) in [6.07, 6.45) is 3.34. The molecule has 0 radical (unpaired) electrons. The second kappa shape index (κ2) is 9.13. The summed E-state index contributed by atoms with van der Waals surface area (Å²) in [6.45, 7) is 8.12. The van der Waals surface area contributed by atoms with E-state index in [9.17, 15) is 4.79 Å². The van der Waals surface area contributed by atoms with Crippen LogP contribution >= 0.6 is 23.2 Å². The number of benzene rings is 1. The molecule has 186 valence electrons. The van der Waals surface area contributed by atoms with Crippen LogP contribution in [0.25, 0.3) is 5.69 Å². The summed E-state index contributed by atoms with van der Waals surface area (Å²) in [7, 11) is 0. The van der Waals surface area contributed by atoms with Crippen molar-refractivity contribution in [3.8, 4) is 5.69 Å². The lowest BCUT2D eigenvalue weighted by molar-refractivity contribution is 0.0214. The SMILES string of the molecule is Cc1nc([C@H]2CC[C@H](c3nnc4n3-c3ccc(Cl)cc3CN(C(=O)OC(C)(C)C)C4)CC2)oc1Cl. The Morgan fingerprint density at radius 1 is 1.09 bits per heavy atom. The van der Waals surface area contributed by atoms with Crippen molar-refractivity contribution in [3.63, 3.8) is 0 Å². The summed E-state index contributed by atoms with van der Waals surface area (Å²) < 4.78 is 13.4. The van der Waals surface area contributed by atoms with Gasteiger partial charge in [-0.15, -0.1) is 10.2 Å². The van der Waals surface area contributed by atoms with Crippen LogP contribution in [-0.4, -0.2) is 36.3 Å². The molecule has 5 rings (SSSR count). The Labute approximate surface area is 214 Å². The number of hydrogen-bond acceptors (Lipinski definition) is 6. The highest BCUT2D eigenvalue weighted by Gasteiger charge is 2.34. The van der Waals surface area contributed by atoms with Gasteiger partial charge in [0, 0.05) is 16.9 Å². The van der Waals surface area contributed by atoms with E-state index in [0.29, 0.717) is 29.2 Å². The molecule has 2 aliphatic rings. The van der Waals surface area contributed by atoms with Crippen LogP contribution in [0.2, 0.25) is 10.2 Å². The average Bonchev–Trinajstić information content (AvgIpc) is 3.30. The lowest BCUT2D eigenvalue weighted by Gasteiger charge is -2.26. The van der Waals surface area contributed by atoms with Crippen molar-refractivity contribution < 1.29 is 13.9 Å². The van der Waals surface area contributed by atoms with E-state index in [-0.39, 0.29) is 17.9 Å². The van der Waals surface area contributed by atoms with Gasteiger partial charge in [0.1, 0.15) is 11.4 Å². The largest absolute Gasteiger partial charge is 0.444 e. The van der Waals surface area contributed by atoms with Crippen molar-refractivity contribution in [2.45, 2.75) is 83.9 Å². The fourth-order valence-corrected chi connectivity index (χ4v) is 5.23. The zero-order valence-corrected chi connectivity index (χ0v) is 21.9. The van der Waals surface area contributed by atoms with Crippen molar-refractivity contribution in [2.75, 3.05) is 0 Å². The number of aryl methyl sites for hydroxylation is 1. The summed E-state index contributed by atoms with van der Waals surface area (Å²) in [5.74, 6) is 2.83. The molecule has 0 saturated heterocycles. The maximum atomic E-state index is 13.0. The molecule has 0 bridgehead atoms. The highest BCUT2D eigenvalue weighted by Crippen LogP contribution is 2.42. The zero-order valence-electron chi connectivity index (χ0n) is 20.3. The number of rotatable bonds is 2. The normalized spacial score (nSPS) is 20.2. The maximum absolute atomic E-state index is 13.0. The molecule has 0 unspecified atom stereocenters. The van der Waals surface area contributed by atoms with E-state index in [1.54, 1.807) is 4.90 Å². The fourth-order valence-electron chi connectivity index (χ4n) is 4.92. The molecule has 1 fully saturated rings. The first-order valence-electron chi connectivity index (χ1n) is 11.9. The van der Waals surface area contributed by atoms with Crippen LogP contribution in [0.3, 0.4) is 0 Å². The van der Waals surface area contributed by atoms with Gasteiger partial charge in [0.25, 0.3) is 0 Å². The second-order valence-corrected chi connectivity index (χ2v) is 11.2. The molecule has 8 nitrogen and oxygen atoms in total. The number of amides is 1. The first-order valence-corrected chi connectivity index (χ1v) is 12.7. The standard InChI is InChI=1S/C25H29Cl2N5O3/c1-14-21(27)34-23(28-14)16-7-5-15(6-8-16)22-30-29-20-13-31(24(33)35-25(2,3)4)12-17-11-18(26)9-10-19(17)32(20)22/h9-11,15-16H,5-8,12-13H2,1-4H3/t15-,16-. The minimum absolute atomic E-state index is 0.232. The molecule has 10 heteroatoms. The van der Waals surface area contributed by atoms with Crippen molar-refractivity contribution in [1.29, 1.82) is 0 Å². The van der Waals surface area contributed by atoms with Crippen LogP contribution in [0.4, 0.5) is 4.79 Å². The number of fused-ring (bicyclic) bond motifs is 3. The Bertz CT molecular complexity index is 1240. The lowest BCUT2D eigenvalue weighted by Crippen LogP contribution is -2.35. The minimum Gasteiger partial charge on any atom is -0.444 e. The number of oxazole rings is 1. The quantitative estimate of drug-likeness (QED) is 0.382. The van der Waals surface area contributed by atoms with E-state index >= 15 is 0 Å². The molecule has 1 aliphatic heterocycles. The van der Waals surface area contributed by atoms with E-state index in [1.165, 1.54) is 0 Å². The molecule has 0 atom stereocenters. The minimum atomic E-state index is -0.594. The highest BCUT2D eigenvalue weighted by molar-refractivity contribution is 6.30. The third-order valence-electron chi connectivity index (χ3n) is 6.58. The van der Waals surface area contributed by atoms with Crippen LogP contribution in [0.15, 0.2) is 22.6 Å². The third kappa shape index (κ3) is 4.91. The van der Waals surface area contributed by atoms with Gasteiger partial charge in [0.2, 0.25) is 5.22 Å². The van der Waals surface area contributed by atoms with Gasteiger partial charge in [-0.2, -0.15) is 0 Å². The smallest absolute Gasteiger partial charge is 0.411 e. The van der Waals surface area contributed by atoms with E-state index < -0.39 is 5.60 Å². The second-order valence-electron chi connectivity index (χ2n) is 10.4. The van der Waals surface area contributed by atoms with Gasteiger partial charge in [-0.05, 0) is 88.7 Å². The Hall–Kier alpha value is -2.58. The third-order valence-corrected chi connectivity index (χ3v) is 7.17. The fraction of sp³-hybridized carbons (Fsp3) is 0.520. The molecule has 3 heterocycles. The van der Waals surface area contributed by atoms with Crippen LogP contribution in [0.1, 0.15) is 87.1 Å². The van der Waals surface area contributed by atoms with E-state index in [4.69, 9.17) is 32.4 Å². The lowest BCUT2D eigenvalue weighted by atomic mass is 9.81. The van der Waals surface area contributed by atoms with E-state index in [1.807, 2.05) is 45.9 Å². The summed E-state index contributed by atoms with van der Waals surface area (Å²) in [5.41, 5.74) is 2.02. The van der Waals surface area contributed by atoms with Crippen LogP contribution < -0.4 is 0 Å². The van der Waals surface area contributed by atoms with Crippen LogP contribution in [0, 0.1) is 6.92 Å². The van der Waals surface area contributed by atoms with Crippen molar-refractivity contribution in [2.24, 2.45) is 0 Å². The van der Waals surface area contributed by atoms with Gasteiger partial charge >= 0.3 is 6.09 Å². The molecule has 2 aromatic heterocycles. The molecule has 1 amide bonds. The average molecular weight is 518 g/mol. The summed E-state index contributed by atoms with van der Waals surface area (Å²) >= 11 is 12.4. The van der Waals surface area contributed by atoms with E-state index in [0.717, 1.165) is 54.3 Å². The predicted octanol–water partition coefficient (Wildman–Crippen LogP) is 6.56. The first kappa shape index (κ1) is 24.1. The molecule has 3 aromatic rings. The number of ether oxygens (including phenoxy) is 1. The molecule has 1 aromatic carbocycles. The number of carbonyl (C=O) groups is 1.